The number of benzene rings is 1. The first-order chi connectivity index (χ1) is 6.27. The topological polar surface area (TPSA) is 43.8 Å². The van der Waals surface area contributed by atoms with E-state index in [0.29, 0.717) is 0 Å². The second kappa shape index (κ2) is 3.22. The normalized spacial score (nSPS) is 10.2. The summed E-state index contributed by atoms with van der Waals surface area (Å²) in [4.78, 5) is 3.97. The maximum atomic E-state index is 5.68. The quantitative estimate of drug-likeness (QED) is 0.774. The zero-order valence-electron chi connectivity index (χ0n) is 6.81. The molecular formula is C9H8BrN3. The standard InChI is InChI=1S/C9H8BrN3/c10-8-2-1-7(11)5-9(8)13-4-3-12-6-13/h1-6H,11H2. The SMILES string of the molecule is Nc1ccc(Br)c(-n2ccnc2)c1. The second-order valence-corrected chi connectivity index (χ2v) is 3.54. The smallest absolute Gasteiger partial charge is 0.0992 e. The first-order valence-corrected chi connectivity index (χ1v) is 4.60. The third-order valence-electron chi connectivity index (χ3n) is 1.75. The van der Waals surface area contributed by atoms with Crippen LogP contribution in [0.4, 0.5) is 5.69 Å². The number of aromatic nitrogens is 2. The number of hydrogen-bond donors (Lipinski definition) is 1. The highest BCUT2D eigenvalue weighted by atomic mass is 79.9. The fourth-order valence-corrected chi connectivity index (χ4v) is 1.58. The summed E-state index contributed by atoms with van der Waals surface area (Å²) in [5, 5.41) is 0. The summed E-state index contributed by atoms with van der Waals surface area (Å²) >= 11 is 3.45. The Labute approximate surface area is 84.3 Å². The minimum atomic E-state index is 0.743. The predicted molar refractivity (Wildman–Crippen MR) is 55.7 cm³/mol. The Morgan fingerprint density at radius 1 is 1.38 bits per heavy atom. The third kappa shape index (κ3) is 1.58. The number of imidazole rings is 1. The number of halogens is 1. The summed E-state index contributed by atoms with van der Waals surface area (Å²) in [7, 11) is 0. The average Bonchev–Trinajstić information content (AvgIpc) is 2.61. The van der Waals surface area contributed by atoms with Crippen LogP contribution in [-0.2, 0) is 0 Å². The maximum absolute atomic E-state index is 5.68. The minimum absolute atomic E-state index is 0.743. The summed E-state index contributed by atoms with van der Waals surface area (Å²) < 4.78 is 2.90. The largest absolute Gasteiger partial charge is 0.399 e. The van der Waals surface area contributed by atoms with E-state index in [1.54, 1.807) is 12.5 Å². The monoisotopic (exact) mass is 237 g/mol. The Morgan fingerprint density at radius 3 is 2.92 bits per heavy atom. The first kappa shape index (κ1) is 8.31. The average molecular weight is 238 g/mol. The molecule has 1 aromatic heterocycles. The molecule has 1 aromatic carbocycles. The van der Waals surface area contributed by atoms with E-state index in [1.807, 2.05) is 29.0 Å². The van der Waals surface area contributed by atoms with Crippen LogP contribution in [0.5, 0.6) is 0 Å². The van der Waals surface area contributed by atoms with E-state index in [9.17, 15) is 0 Å². The molecule has 0 fully saturated rings. The Balaban J connectivity index is 2.57. The molecule has 2 rings (SSSR count). The van der Waals surface area contributed by atoms with Gasteiger partial charge < -0.3 is 10.3 Å². The van der Waals surface area contributed by atoms with Gasteiger partial charge in [-0.05, 0) is 34.1 Å². The van der Waals surface area contributed by atoms with Crippen molar-refractivity contribution < 1.29 is 0 Å². The molecule has 0 aliphatic carbocycles. The van der Waals surface area contributed by atoms with E-state index in [1.165, 1.54) is 0 Å². The van der Waals surface area contributed by atoms with Crippen LogP contribution >= 0.6 is 15.9 Å². The lowest BCUT2D eigenvalue weighted by molar-refractivity contribution is 1.05. The highest BCUT2D eigenvalue weighted by Crippen LogP contribution is 2.22. The van der Waals surface area contributed by atoms with Crippen molar-refractivity contribution in [2.24, 2.45) is 0 Å². The fraction of sp³-hybridized carbons (Fsp3) is 0. The van der Waals surface area contributed by atoms with Crippen molar-refractivity contribution in [3.63, 3.8) is 0 Å². The molecule has 0 unspecified atom stereocenters. The van der Waals surface area contributed by atoms with Gasteiger partial charge in [0.1, 0.15) is 0 Å². The van der Waals surface area contributed by atoms with Crippen LogP contribution in [0, 0.1) is 0 Å². The number of nitrogens with zero attached hydrogens (tertiary/aromatic N) is 2. The lowest BCUT2D eigenvalue weighted by atomic mass is 10.3. The molecule has 0 aliphatic rings. The molecule has 4 heteroatoms. The van der Waals surface area contributed by atoms with Crippen molar-refractivity contribution in [2.45, 2.75) is 0 Å². The summed E-state index contributed by atoms with van der Waals surface area (Å²) in [5.41, 5.74) is 7.42. The van der Waals surface area contributed by atoms with E-state index < -0.39 is 0 Å². The molecular weight excluding hydrogens is 230 g/mol. The first-order valence-electron chi connectivity index (χ1n) is 3.81. The van der Waals surface area contributed by atoms with E-state index in [0.717, 1.165) is 15.8 Å². The molecule has 2 N–H and O–H groups in total. The molecule has 0 amide bonds. The Bertz CT molecular complexity index is 409. The van der Waals surface area contributed by atoms with E-state index in [-0.39, 0.29) is 0 Å². The van der Waals surface area contributed by atoms with Gasteiger partial charge in [-0.2, -0.15) is 0 Å². The molecule has 0 aliphatic heterocycles. The molecule has 13 heavy (non-hydrogen) atoms. The molecule has 3 nitrogen and oxygen atoms in total. The van der Waals surface area contributed by atoms with Gasteiger partial charge in [-0.3, -0.25) is 0 Å². The number of nitrogens with two attached hydrogens (primary N) is 1. The fourth-order valence-electron chi connectivity index (χ4n) is 1.13. The molecule has 1 heterocycles. The molecule has 0 bridgehead atoms. The molecule has 0 atom stereocenters. The van der Waals surface area contributed by atoms with Crippen molar-refractivity contribution in [3.8, 4) is 5.69 Å². The molecule has 0 radical (unpaired) electrons. The lowest BCUT2D eigenvalue weighted by Gasteiger charge is -2.05. The van der Waals surface area contributed by atoms with Gasteiger partial charge in [0.05, 0.1) is 12.0 Å². The van der Waals surface area contributed by atoms with Crippen LogP contribution in [0.25, 0.3) is 5.69 Å². The molecule has 0 saturated carbocycles. The van der Waals surface area contributed by atoms with Gasteiger partial charge >= 0.3 is 0 Å². The zero-order valence-corrected chi connectivity index (χ0v) is 8.40. The van der Waals surface area contributed by atoms with Crippen molar-refractivity contribution in [1.82, 2.24) is 9.55 Å². The molecule has 2 aromatic rings. The zero-order chi connectivity index (χ0) is 9.26. The summed E-state index contributed by atoms with van der Waals surface area (Å²) in [6, 6.07) is 5.67. The highest BCUT2D eigenvalue weighted by Gasteiger charge is 2.01. The summed E-state index contributed by atoms with van der Waals surface area (Å²) in [6.45, 7) is 0. The number of rotatable bonds is 1. The van der Waals surface area contributed by atoms with Crippen molar-refractivity contribution in [3.05, 3.63) is 41.4 Å². The Kier molecular flexibility index (Phi) is 2.06. The third-order valence-corrected chi connectivity index (χ3v) is 2.42. The second-order valence-electron chi connectivity index (χ2n) is 2.68. The Morgan fingerprint density at radius 2 is 2.23 bits per heavy atom. The Hall–Kier alpha value is -1.29. The van der Waals surface area contributed by atoms with Crippen LogP contribution in [0.3, 0.4) is 0 Å². The summed E-state index contributed by atoms with van der Waals surface area (Å²) in [5.74, 6) is 0. The number of anilines is 1. The van der Waals surface area contributed by atoms with Crippen molar-refractivity contribution in [1.29, 1.82) is 0 Å². The van der Waals surface area contributed by atoms with Crippen molar-refractivity contribution >= 4 is 21.6 Å². The minimum Gasteiger partial charge on any atom is -0.399 e. The van der Waals surface area contributed by atoms with E-state index in [4.69, 9.17) is 5.73 Å². The highest BCUT2D eigenvalue weighted by molar-refractivity contribution is 9.10. The van der Waals surface area contributed by atoms with E-state index in [2.05, 4.69) is 20.9 Å². The maximum Gasteiger partial charge on any atom is 0.0992 e. The lowest BCUT2D eigenvalue weighted by Crippen LogP contribution is -1.93. The van der Waals surface area contributed by atoms with Gasteiger partial charge in [-0.15, -0.1) is 0 Å². The predicted octanol–water partition coefficient (Wildman–Crippen LogP) is 2.22. The van der Waals surface area contributed by atoms with Crippen LogP contribution in [0.15, 0.2) is 41.4 Å². The van der Waals surface area contributed by atoms with E-state index >= 15 is 0 Å². The van der Waals surface area contributed by atoms with Crippen LogP contribution in [0.2, 0.25) is 0 Å². The van der Waals surface area contributed by atoms with Crippen LogP contribution in [0.1, 0.15) is 0 Å². The van der Waals surface area contributed by atoms with Gasteiger partial charge in [-0.25, -0.2) is 4.98 Å². The van der Waals surface area contributed by atoms with Crippen LogP contribution in [-0.4, -0.2) is 9.55 Å². The molecule has 0 saturated heterocycles. The molecule has 0 spiro atoms. The van der Waals surface area contributed by atoms with Gasteiger partial charge in [0.25, 0.3) is 0 Å². The van der Waals surface area contributed by atoms with Gasteiger partial charge in [0.15, 0.2) is 0 Å². The summed E-state index contributed by atoms with van der Waals surface area (Å²) in [6.07, 6.45) is 5.34. The number of nitrogen functional groups attached to an aromatic ring is 1. The molecule has 66 valence electrons. The van der Waals surface area contributed by atoms with Gasteiger partial charge in [-0.1, -0.05) is 0 Å². The number of hydrogen-bond acceptors (Lipinski definition) is 2. The van der Waals surface area contributed by atoms with Gasteiger partial charge in [0, 0.05) is 22.6 Å². The van der Waals surface area contributed by atoms with Gasteiger partial charge in [0.2, 0.25) is 0 Å². The van der Waals surface area contributed by atoms with Crippen molar-refractivity contribution in [2.75, 3.05) is 5.73 Å². The van der Waals surface area contributed by atoms with Crippen LogP contribution < -0.4 is 5.73 Å².